The monoisotopic (exact) mass is 839 g/mol. The average Bonchev–Trinajstić information content (AvgIpc) is 3.82. The van der Waals surface area contributed by atoms with Crippen molar-refractivity contribution >= 4 is 39.8 Å². The molecule has 0 amide bonds. The van der Waals surface area contributed by atoms with E-state index in [1.54, 1.807) is 12.1 Å². The van der Waals surface area contributed by atoms with Gasteiger partial charge in [0.15, 0.2) is 0 Å². The summed E-state index contributed by atoms with van der Waals surface area (Å²) in [5.41, 5.74) is 11.9. The zero-order chi connectivity index (χ0) is 44.4. The van der Waals surface area contributed by atoms with Gasteiger partial charge in [0.2, 0.25) is 5.95 Å². The molecule has 0 bridgehead atoms. The Bertz CT molecular complexity index is 2960. The van der Waals surface area contributed by atoms with Crippen LogP contribution in [0.25, 0.3) is 17.0 Å². The lowest BCUT2D eigenvalue weighted by atomic mass is 9.83. The summed E-state index contributed by atoms with van der Waals surface area (Å²) in [5.74, 6) is -0.594. The van der Waals surface area contributed by atoms with Crippen molar-refractivity contribution in [1.82, 2.24) is 15.0 Å². The molecule has 1 atom stereocenters. The van der Waals surface area contributed by atoms with Crippen LogP contribution in [0.15, 0.2) is 198 Å². The fourth-order valence-corrected chi connectivity index (χ4v) is 8.05. The van der Waals surface area contributed by atoms with Crippen LogP contribution in [0.4, 0.5) is 38.5 Å². The van der Waals surface area contributed by atoms with Crippen molar-refractivity contribution in [3.05, 3.63) is 228 Å². The Morgan fingerprint density at radius 1 is 0.531 bits per heavy atom. The summed E-state index contributed by atoms with van der Waals surface area (Å²) in [5, 5.41) is 9.46. The predicted molar refractivity (Wildman–Crippen MR) is 259 cm³/mol. The maximum Gasteiger partial charge on any atom is 0.222 e. The van der Waals surface area contributed by atoms with E-state index in [0.717, 1.165) is 62.3 Å². The van der Waals surface area contributed by atoms with Gasteiger partial charge in [0.25, 0.3) is 0 Å². The Morgan fingerprint density at radius 3 is 1.64 bits per heavy atom. The highest BCUT2D eigenvalue weighted by atomic mass is 19.1. The van der Waals surface area contributed by atoms with E-state index in [1.165, 1.54) is 11.8 Å². The number of benzene rings is 5. The first-order chi connectivity index (χ1) is 30.9. The summed E-state index contributed by atoms with van der Waals surface area (Å²) >= 11 is 0. The Morgan fingerprint density at radius 2 is 1.06 bits per heavy atom. The van der Waals surface area contributed by atoms with E-state index in [2.05, 4.69) is 171 Å². The van der Waals surface area contributed by atoms with E-state index in [1.807, 2.05) is 60.7 Å². The second kappa shape index (κ2) is 17.3. The van der Waals surface area contributed by atoms with E-state index in [0.29, 0.717) is 17.0 Å². The van der Waals surface area contributed by atoms with Crippen molar-refractivity contribution in [1.29, 1.82) is 0 Å². The van der Waals surface area contributed by atoms with Crippen LogP contribution in [0, 0.1) is 12.9 Å². The maximum absolute atomic E-state index is 15.8. The van der Waals surface area contributed by atoms with Crippen LogP contribution in [0.2, 0.25) is 0 Å². The number of aromatic nitrogens is 3. The Hall–Kier alpha value is -7.58. The van der Waals surface area contributed by atoms with Gasteiger partial charge in [-0.2, -0.15) is 14.6 Å². The molecule has 8 aromatic rings. The second-order valence-electron chi connectivity index (χ2n) is 17.8. The number of azo groups is 1. The number of pyridine rings is 3. The average molecular weight is 840 g/mol. The van der Waals surface area contributed by atoms with E-state index < -0.39 is 17.4 Å². The molecule has 316 valence electrons. The number of halogens is 1. The van der Waals surface area contributed by atoms with Crippen LogP contribution in [-0.2, 0) is 10.8 Å². The van der Waals surface area contributed by atoms with Crippen LogP contribution < -0.4 is 9.80 Å². The summed E-state index contributed by atoms with van der Waals surface area (Å²) in [4.78, 5) is 19.2. The van der Waals surface area contributed by atoms with Crippen molar-refractivity contribution < 1.29 is 4.39 Å². The minimum atomic E-state index is -0.843. The smallest absolute Gasteiger partial charge is 0.222 e. The molecule has 0 radical (unpaired) electrons. The molecule has 1 aliphatic rings. The molecular weight excluding hydrogens is 790 g/mol. The number of para-hydroxylation sites is 2. The molecule has 4 heterocycles. The van der Waals surface area contributed by atoms with Crippen molar-refractivity contribution in [2.45, 2.75) is 58.4 Å². The summed E-state index contributed by atoms with van der Waals surface area (Å²) in [7, 11) is 0. The van der Waals surface area contributed by atoms with Gasteiger partial charge in [-0.05, 0) is 123 Å². The van der Waals surface area contributed by atoms with Gasteiger partial charge >= 0.3 is 0 Å². The van der Waals surface area contributed by atoms with Crippen LogP contribution >= 0.6 is 0 Å². The van der Waals surface area contributed by atoms with Crippen molar-refractivity contribution in [3.63, 3.8) is 0 Å². The highest BCUT2D eigenvalue weighted by Gasteiger charge is 2.32. The zero-order valence-corrected chi connectivity index (χ0v) is 37.0. The van der Waals surface area contributed by atoms with Gasteiger partial charge in [-0.1, -0.05) is 117 Å². The number of hydrogen-bond acceptors (Lipinski definition) is 7. The third-order valence-corrected chi connectivity index (χ3v) is 11.8. The molecule has 0 fully saturated rings. The Labute approximate surface area is 375 Å². The van der Waals surface area contributed by atoms with E-state index >= 15 is 4.39 Å². The minimum Gasteiger partial charge on any atom is -0.310 e. The molecule has 0 aliphatic carbocycles. The molecule has 3 aromatic heterocycles. The van der Waals surface area contributed by atoms with Gasteiger partial charge < -0.3 is 9.80 Å². The summed E-state index contributed by atoms with van der Waals surface area (Å²) in [6.07, 6.45) is 3.53. The minimum absolute atomic E-state index is 0.0118. The first-order valence-corrected chi connectivity index (χ1v) is 21.6. The molecule has 0 N–H and O–H groups in total. The Kier molecular flexibility index (Phi) is 11.3. The topological polar surface area (TPSA) is 69.9 Å². The standard InChI is InChI=1S/C56H50FN7/c1-38-24-28-43(29-25-38)63(41-19-12-8-13-20-41)45-33-49(47-23-16-32-58-54(47)57)59-52(35-45)56(5,6)53-36-46(34-50(60-53)51-37-48(61-62-51)39-17-10-7-11-18-39)64(42-21-14-9-15-22-42)44-30-26-40(27-31-44)55(2,3)4/h7-37,51H,1-6H3. The molecule has 9 rings (SSSR count). The molecule has 1 aliphatic heterocycles. The highest BCUT2D eigenvalue weighted by Crippen LogP contribution is 2.44. The number of hydrogen-bond donors (Lipinski definition) is 0. The van der Waals surface area contributed by atoms with Gasteiger partial charge in [0.05, 0.1) is 39.7 Å². The van der Waals surface area contributed by atoms with E-state index in [4.69, 9.17) is 15.1 Å². The van der Waals surface area contributed by atoms with Crippen LogP contribution in [-0.4, -0.2) is 15.0 Å². The van der Waals surface area contributed by atoms with Gasteiger partial charge in [-0.25, -0.2) is 4.98 Å². The zero-order valence-electron chi connectivity index (χ0n) is 37.0. The molecular formula is C56H50FN7. The van der Waals surface area contributed by atoms with Crippen molar-refractivity contribution in [3.8, 4) is 11.3 Å². The third-order valence-electron chi connectivity index (χ3n) is 11.8. The van der Waals surface area contributed by atoms with Crippen molar-refractivity contribution in [2.75, 3.05) is 9.80 Å². The van der Waals surface area contributed by atoms with E-state index in [9.17, 15) is 0 Å². The third kappa shape index (κ3) is 8.59. The summed E-state index contributed by atoms with van der Waals surface area (Å²) in [6.45, 7) is 13.0. The lowest BCUT2D eigenvalue weighted by Crippen LogP contribution is -2.25. The van der Waals surface area contributed by atoms with Gasteiger partial charge in [-0.15, -0.1) is 0 Å². The number of rotatable bonds is 11. The lowest BCUT2D eigenvalue weighted by molar-refractivity contribution is 0.581. The lowest BCUT2D eigenvalue weighted by Gasteiger charge is -2.32. The quantitative estimate of drug-likeness (QED) is 0.121. The van der Waals surface area contributed by atoms with Crippen LogP contribution in [0.3, 0.4) is 0 Å². The molecule has 0 saturated heterocycles. The molecule has 64 heavy (non-hydrogen) atoms. The van der Waals surface area contributed by atoms with Crippen LogP contribution in [0.5, 0.6) is 0 Å². The molecule has 7 nitrogen and oxygen atoms in total. The molecule has 8 heteroatoms. The second-order valence-corrected chi connectivity index (χ2v) is 17.8. The summed E-state index contributed by atoms with van der Waals surface area (Å²) in [6, 6.07) is 59.2. The molecule has 5 aromatic carbocycles. The van der Waals surface area contributed by atoms with E-state index in [-0.39, 0.29) is 5.41 Å². The maximum atomic E-state index is 15.8. The Balaban J connectivity index is 1.26. The molecule has 1 unspecified atom stereocenters. The fourth-order valence-electron chi connectivity index (χ4n) is 8.05. The largest absolute Gasteiger partial charge is 0.310 e. The SMILES string of the molecule is Cc1ccc(N(c2ccccc2)c2cc(-c3cccnc3F)nc(C(C)(C)c3cc(N(c4ccccc4)c4ccc(C(C)(C)C)cc4)cc(C4C=C(c5ccccc5)N=N4)n3)c2)cc1. The van der Waals surface area contributed by atoms with Crippen LogP contribution in [0.1, 0.15) is 74.4 Å². The van der Waals surface area contributed by atoms with Gasteiger partial charge in [0.1, 0.15) is 6.04 Å². The number of anilines is 6. The highest BCUT2D eigenvalue weighted by molar-refractivity contribution is 5.81. The van der Waals surface area contributed by atoms with Gasteiger partial charge in [-0.3, -0.25) is 9.97 Å². The fraction of sp³-hybridized carbons (Fsp3) is 0.161. The molecule has 0 spiro atoms. The molecule has 0 saturated carbocycles. The first-order valence-electron chi connectivity index (χ1n) is 21.6. The van der Waals surface area contributed by atoms with Crippen molar-refractivity contribution in [2.24, 2.45) is 10.2 Å². The number of aryl methyl sites for hydroxylation is 1. The predicted octanol–water partition coefficient (Wildman–Crippen LogP) is 15.1. The first kappa shape index (κ1) is 41.8. The number of nitrogens with zero attached hydrogens (tertiary/aromatic N) is 7. The normalized spacial score (nSPS) is 13.7. The summed E-state index contributed by atoms with van der Waals surface area (Å²) < 4.78 is 15.8. The van der Waals surface area contributed by atoms with Gasteiger partial charge in [0, 0.05) is 45.6 Å².